The van der Waals surface area contributed by atoms with Gasteiger partial charge in [0.25, 0.3) is 0 Å². The van der Waals surface area contributed by atoms with Crippen molar-refractivity contribution in [3.8, 4) is 0 Å². The smallest absolute Gasteiger partial charge is 0.121 e. The van der Waals surface area contributed by atoms with E-state index < -0.39 is 0 Å². The van der Waals surface area contributed by atoms with Crippen molar-refractivity contribution >= 4 is 0 Å². The molecule has 4 bridgehead atoms. The van der Waals surface area contributed by atoms with E-state index in [0.717, 1.165) is 24.1 Å². The minimum absolute atomic E-state index is 0.424. The summed E-state index contributed by atoms with van der Waals surface area (Å²) in [5, 5.41) is 3.77. The first-order chi connectivity index (χ1) is 9.62. The summed E-state index contributed by atoms with van der Waals surface area (Å²) in [6.07, 6.45) is 10.5. The standard InChI is InChI=1S/C18H27NO/c1-3-19-16(15-5-4-6-20-15)18-10-13-7-14(11-18)9-17(2,8-13)12-18/h4-6,13-14,16,19H,3,7-12H2,1-2H3. The molecule has 3 atom stereocenters. The molecule has 20 heavy (non-hydrogen) atoms. The number of furan rings is 1. The second-order valence-corrected chi connectivity index (χ2v) is 8.14. The highest BCUT2D eigenvalue weighted by molar-refractivity contribution is 5.16. The SMILES string of the molecule is CCNC(c1ccco1)C12CC3CC(CC(C)(C3)C1)C2. The van der Waals surface area contributed by atoms with Crippen molar-refractivity contribution in [3.05, 3.63) is 24.2 Å². The van der Waals surface area contributed by atoms with Crippen LogP contribution in [0.3, 0.4) is 0 Å². The molecule has 0 aliphatic heterocycles. The number of hydrogen-bond donors (Lipinski definition) is 1. The highest BCUT2D eigenvalue weighted by atomic mass is 16.3. The van der Waals surface area contributed by atoms with Crippen molar-refractivity contribution in [1.82, 2.24) is 5.32 Å². The van der Waals surface area contributed by atoms with Gasteiger partial charge in [0.2, 0.25) is 0 Å². The van der Waals surface area contributed by atoms with E-state index in [1.54, 1.807) is 0 Å². The molecule has 2 nitrogen and oxygen atoms in total. The molecule has 0 radical (unpaired) electrons. The van der Waals surface area contributed by atoms with Crippen molar-refractivity contribution in [2.75, 3.05) is 6.54 Å². The summed E-state index contributed by atoms with van der Waals surface area (Å²) in [6.45, 7) is 5.79. The molecular weight excluding hydrogens is 246 g/mol. The lowest BCUT2D eigenvalue weighted by Crippen LogP contribution is -2.55. The van der Waals surface area contributed by atoms with Gasteiger partial charge in [-0.1, -0.05) is 13.8 Å². The van der Waals surface area contributed by atoms with E-state index in [2.05, 4.69) is 25.2 Å². The summed E-state index contributed by atoms with van der Waals surface area (Å²) in [5.41, 5.74) is 1.05. The second-order valence-electron chi connectivity index (χ2n) is 8.14. The highest BCUT2D eigenvalue weighted by Crippen LogP contribution is 2.68. The van der Waals surface area contributed by atoms with Crippen LogP contribution >= 0.6 is 0 Å². The first kappa shape index (κ1) is 12.9. The minimum Gasteiger partial charge on any atom is -0.468 e. The van der Waals surface area contributed by atoms with Gasteiger partial charge in [0.1, 0.15) is 5.76 Å². The topological polar surface area (TPSA) is 25.2 Å². The van der Waals surface area contributed by atoms with Crippen LogP contribution in [0.5, 0.6) is 0 Å². The van der Waals surface area contributed by atoms with E-state index in [0.29, 0.717) is 16.9 Å². The molecule has 1 aromatic heterocycles. The summed E-state index contributed by atoms with van der Waals surface area (Å²) in [4.78, 5) is 0. The minimum atomic E-state index is 0.424. The van der Waals surface area contributed by atoms with Crippen molar-refractivity contribution < 1.29 is 4.42 Å². The van der Waals surface area contributed by atoms with E-state index in [9.17, 15) is 0 Å². The van der Waals surface area contributed by atoms with Crippen LogP contribution in [0.1, 0.15) is 64.2 Å². The van der Waals surface area contributed by atoms with Crippen LogP contribution in [0.25, 0.3) is 0 Å². The van der Waals surface area contributed by atoms with Gasteiger partial charge in [-0.3, -0.25) is 0 Å². The average Bonchev–Trinajstić information content (AvgIpc) is 2.86. The Morgan fingerprint density at radius 3 is 2.60 bits per heavy atom. The van der Waals surface area contributed by atoms with E-state index in [4.69, 9.17) is 4.42 Å². The molecule has 1 N–H and O–H groups in total. The van der Waals surface area contributed by atoms with E-state index >= 15 is 0 Å². The van der Waals surface area contributed by atoms with Gasteiger partial charge in [0.05, 0.1) is 12.3 Å². The van der Waals surface area contributed by atoms with Crippen molar-refractivity contribution in [2.24, 2.45) is 22.7 Å². The fraction of sp³-hybridized carbons (Fsp3) is 0.778. The largest absolute Gasteiger partial charge is 0.468 e. The van der Waals surface area contributed by atoms with Crippen LogP contribution < -0.4 is 5.32 Å². The van der Waals surface area contributed by atoms with Crippen LogP contribution in [0.2, 0.25) is 0 Å². The number of hydrogen-bond acceptors (Lipinski definition) is 2. The molecular formula is C18H27NO. The first-order valence-electron chi connectivity index (χ1n) is 8.39. The molecule has 0 saturated heterocycles. The molecule has 0 aromatic carbocycles. The van der Waals surface area contributed by atoms with Crippen LogP contribution in [-0.4, -0.2) is 6.54 Å². The predicted octanol–water partition coefficient (Wildman–Crippen LogP) is 4.54. The Morgan fingerprint density at radius 2 is 2.05 bits per heavy atom. The maximum atomic E-state index is 5.81. The predicted molar refractivity (Wildman–Crippen MR) is 80.3 cm³/mol. The van der Waals surface area contributed by atoms with Gasteiger partial charge in [-0.05, 0) is 79.9 Å². The lowest BCUT2D eigenvalue weighted by Gasteiger charge is -2.63. The van der Waals surface area contributed by atoms with Crippen molar-refractivity contribution in [3.63, 3.8) is 0 Å². The molecule has 110 valence electrons. The van der Waals surface area contributed by atoms with Crippen LogP contribution in [0.15, 0.2) is 22.8 Å². The van der Waals surface area contributed by atoms with Gasteiger partial charge in [0, 0.05) is 0 Å². The zero-order chi connectivity index (χ0) is 13.8. The molecule has 4 aliphatic rings. The average molecular weight is 273 g/mol. The Hall–Kier alpha value is -0.760. The zero-order valence-electron chi connectivity index (χ0n) is 12.8. The Bertz CT molecular complexity index is 464. The maximum Gasteiger partial charge on any atom is 0.121 e. The van der Waals surface area contributed by atoms with Crippen LogP contribution in [0.4, 0.5) is 0 Å². The van der Waals surface area contributed by atoms with Gasteiger partial charge < -0.3 is 9.73 Å². The summed E-state index contributed by atoms with van der Waals surface area (Å²) in [5.74, 6) is 3.10. The number of nitrogens with one attached hydrogen (secondary N) is 1. The zero-order valence-corrected chi connectivity index (χ0v) is 12.8. The molecule has 1 aromatic rings. The molecule has 1 heterocycles. The van der Waals surface area contributed by atoms with E-state index in [-0.39, 0.29) is 0 Å². The monoisotopic (exact) mass is 273 g/mol. The molecule has 0 amide bonds. The van der Waals surface area contributed by atoms with Crippen LogP contribution in [0, 0.1) is 22.7 Å². The maximum absolute atomic E-state index is 5.81. The van der Waals surface area contributed by atoms with Gasteiger partial charge in [-0.25, -0.2) is 0 Å². The van der Waals surface area contributed by atoms with Gasteiger partial charge in [0.15, 0.2) is 0 Å². The lowest BCUT2D eigenvalue weighted by molar-refractivity contribution is -0.121. The third-order valence-corrected chi connectivity index (χ3v) is 6.25. The van der Waals surface area contributed by atoms with Gasteiger partial charge >= 0.3 is 0 Å². The highest BCUT2D eigenvalue weighted by Gasteiger charge is 2.58. The Labute approximate surface area is 122 Å². The molecule has 2 heteroatoms. The Morgan fingerprint density at radius 1 is 1.30 bits per heavy atom. The van der Waals surface area contributed by atoms with Crippen molar-refractivity contribution in [1.29, 1.82) is 0 Å². The van der Waals surface area contributed by atoms with E-state index in [1.807, 2.05) is 12.3 Å². The normalized spacial score (nSPS) is 43.9. The molecule has 0 spiro atoms. The molecule has 5 rings (SSSR count). The summed E-state index contributed by atoms with van der Waals surface area (Å²) >= 11 is 0. The summed E-state index contributed by atoms with van der Waals surface area (Å²) in [7, 11) is 0. The quantitative estimate of drug-likeness (QED) is 0.871. The fourth-order valence-corrected chi connectivity index (χ4v) is 6.41. The molecule has 4 saturated carbocycles. The Kier molecular flexibility index (Phi) is 2.82. The first-order valence-corrected chi connectivity index (χ1v) is 8.39. The number of rotatable bonds is 4. The summed E-state index contributed by atoms with van der Waals surface area (Å²) < 4.78 is 5.81. The Balaban J connectivity index is 1.71. The molecule has 3 unspecified atom stereocenters. The van der Waals surface area contributed by atoms with Crippen LogP contribution in [-0.2, 0) is 0 Å². The second kappa shape index (κ2) is 4.37. The van der Waals surface area contributed by atoms with Gasteiger partial charge in [-0.2, -0.15) is 0 Å². The molecule has 4 aliphatic carbocycles. The fourth-order valence-electron chi connectivity index (χ4n) is 6.41. The third-order valence-electron chi connectivity index (χ3n) is 6.25. The lowest BCUT2D eigenvalue weighted by atomic mass is 9.43. The third kappa shape index (κ3) is 1.88. The van der Waals surface area contributed by atoms with E-state index in [1.165, 1.54) is 38.5 Å². The molecule has 4 fully saturated rings. The summed E-state index contributed by atoms with van der Waals surface area (Å²) in [6, 6.07) is 4.64. The van der Waals surface area contributed by atoms with Crippen molar-refractivity contribution in [2.45, 2.75) is 58.4 Å². The van der Waals surface area contributed by atoms with Gasteiger partial charge in [-0.15, -0.1) is 0 Å².